The summed E-state index contributed by atoms with van der Waals surface area (Å²) in [5, 5.41) is 14.2. The van der Waals surface area contributed by atoms with Crippen molar-refractivity contribution in [3.8, 4) is 6.07 Å². The van der Waals surface area contributed by atoms with Crippen LogP contribution in [-0.4, -0.2) is 6.03 Å². The van der Waals surface area contributed by atoms with Gasteiger partial charge < -0.3 is 10.6 Å². The van der Waals surface area contributed by atoms with Crippen LogP contribution in [0.15, 0.2) is 42.5 Å². The van der Waals surface area contributed by atoms with Crippen LogP contribution >= 0.6 is 11.6 Å². The van der Waals surface area contributed by atoms with E-state index >= 15 is 0 Å². The normalized spacial score (nSPS) is 9.65. The third-order valence-electron chi connectivity index (χ3n) is 2.45. The lowest BCUT2D eigenvalue weighted by Gasteiger charge is -2.08. The van der Waals surface area contributed by atoms with E-state index in [1.807, 2.05) is 6.07 Å². The fourth-order valence-electron chi connectivity index (χ4n) is 1.52. The summed E-state index contributed by atoms with van der Waals surface area (Å²) < 4.78 is 12.7. The third-order valence-corrected chi connectivity index (χ3v) is 2.78. The summed E-state index contributed by atoms with van der Waals surface area (Å²) in [5.41, 5.74) is 1.16. The molecule has 0 aromatic heterocycles. The minimum Gasteiger partial charge on any atom is -0.308 e. The van der Waals surface area contributed by atoms with Gasteiger partial charge in [-0.25, -0.2) is 9.18 Å². The molecule has 0 fully saturated rings. The Morgan fingerprint density at radius 1 is 1.10 bits per heavy atom. The molecule has 100 valence electrons. The summed E-state index contributed by atoms with van der Waals surface area (Å²) in [6.45, 7) is 0. The Hall–Kier alpha value is -2.58. The molecule has 0 aliphatic carbocycles. The summed E-state index contributed by atoms with van der Waals surface area (Å²) >= 11 is 5.79. The first-order valence-corrected chi connectivity index (χ1v) is 5.99. The number of amides is 2. The zero-order valence-corrected chi connectivity index (χ0v) is 10.9. The van der Waals surface area contributed by atoms with Gasteiger partial charge in [0.1, 0.15) is 11.9 Å². The molecule has 0 radical (unpaired) electrons. The van der Waals surface area contributed by atoms with E-state index in [4.69, 9.17) is 16.9 Å². The van der Waals surface area contributed by atoms with Crippen molar-refractivity contribution >= 4 is 29.0 Å². The molecular weight excluding hydrogens is 281 g/mol. The molecule has 0 aliphatic heterocycles. The predicted molar refractivity (Wildman–Crippen MR) is 75.2 cm³/mol. The molecule has 0 spiro atoms. The lowest BCUT2D eigenvalue weighted by Crippen LogP contribution is -2.19. The van der Waals surface area contributed by atoms with Crippen LogP contribution in [0.1, 0.15) is 5.56 Å². The third kappa shape index (κ3) is 3.46. The summed E-state index contributed by atoms with van der Waals surface area (Å²) in [4.78, 5) is 11.7. The van der Waals surface area contributed by atoms with Gasteiger partial charge in [0.25, 0.3) is 0 Å². The quantitative estimate of drug-likeness (QED) is 0.878. The van der Waals surface area contributed by atoms with Crippen molar-refractivity contribution in [1.29, 1.82) is 5.26 Å². The number of benzene rings is 2. The molecule has 2 amide bonds. The number of hydrogen-bond acceptors (Lipinski definition) is 2. The predicted octanol–water partition coefficient (Wildman–Crippen LogP) is 3.99. The van der Waals surface area contributed by atoms with Crippen molar-refractivity contribution in [3.63, 3.8) is 0 Å². The Morgan fingerprint density at radius 3 is 2.35 bits per heavy atom. The van der Waals surface area contributed by atoms with E-state index in [0.29, 0.717) is 16.4 Å². The van der Waals surface area contributed by atoms with E-state index in [1.54, 1.807) is 6.07 Å². The minimum atomic E-state index is -0.497. The summed E-state index contributed by atoms with van der Waals surface area (Å²) in [7, 11) is 0. The van der Waals surface area contributed by atoms with Gasteiger partial charge in [-0.1, -0.05) is 11.6 Å². The van der Waals surface area contributed by atoms with Gasteiger partial charge in [0.15, 0.2) is 0 Å². The second-order valence-electron chi connectivity index (χ2n) is 3.89. The van der Waals surface area contributed by atoms with Gasteiger partial charge in [-0.2, -0.15) is 5.26 Å². The topological polar surface area (TPSA) is 64.9 Å². The Kier molecular flexibility index (Phi) is 4.18. The maximum atomic E-state index is 12.7. The van der Waals surface area contributed by atoms with Crippen molar-refractivity contribution in [2.75, 3.05) is 10.6 Å². The highest BCUT2D eigenvalue weighted by atomic mass is 35.5. The molecule has 2 N–H and O–H groups in total. The molecule has 0 aliphatic rings. The number of hydrogen-bond donors (Lipinski definition) is 2. The molecule has 0 unspecified atom stereocenters. The smallest absolute Gasteiger partial charge is 0.308 e. The van der Waals surface area contributed by atoms with Crippen LogP contribution in [-0.2, 0) is 0 Å². The molecule has 2 aromatic rings. The maximum Gasteiger partial charge on any atom is 0.323 e. The van der Waals surface area contributed by atoms with Crippen molar-refractivity contribution in [1.82, 2.24) is 0 Å². The summed E-state index contributed by atoms with van der Waals surface area (Å²) in [5.74, 6) is -0.382. The largest absolute Gasteiger partial charge is 0.323 e. The highest BCUT2D eigenvalue weighted by molar-refractivity contribution is 6.31. The first-order chi connectivity index (χ1) is 9.58. The van der Waals surface area contributed by atoms with Gasteiger partial charge in [-0.05, 0) is 42.5 Å². The molecule has 20 heavy (non-hydrogen) atoms. The second kappa shape index (κ2) is 6.04. The van der Waals surface area contributed by atoms with Crippen molar-refractivity contribution < 1.29 is 9.18 Å². The number of carbonyl (C=O) groups is 1. The van der Waals surface area contributed by atoms with Gasteiger partial charge in [-0.15, -0.1) is 0 Å². The number of urea groups is 1. The van der Waals surface area contributed by atoms with Gasteiger partial charge >= 0.3 is 6.03 Å². The molecule has 4 nitrogen and oxygen atoms in total. The van der Waals surface area contributed by atoms with Crippen LogP contribution < -0.4 is 10.6 Å². The average molecular weight is 290 g/mol. The molecule has 2 aromatic carbocycles. The maximum absolute atomic E-state index is 12.7. The first-order valence-electron chi connectivity index (χ1n) is 5.62. The minimum absolute atomic E-state index is 0.270. The van der Waals surface area contributed by atoms with Crippen LogP contribution in [0.3, 0.4) is 0 Å². The van der Waals surface area contributed by atoms with E-state index in [-0.39, 0.29) is 11.4 Å². The molecule has 0 heterocycles. The number of anilines is 2. The number of nitriles is 1. The lowest BCUT2D eigenvalue weighted by molar-refractivity contribution is 0.262. The Bertz CT molecular complexity index is 680. The monoisotopic (exact) mass is 289 g/mol. The SMILES string of the molecule is N#Cc1cc(NC(=O)Nc2ccc(F)cc2)ccc1Cl. The number of rotatable bonds is 2. The lowest BCUT2D eigenvalue weighted by atomic mass is 10.2. The van der Waals surface area contributed by atoms with E-state index < -0.39 is 6.03 Å². The Labute approximate surface area is 119 Å². The van der Waals surface area contributed by atoms with Crippen LogP contribution in [0.5, 0.6) is 0 Å². The van der Waals surface area contributed by atoms with Gasteiger partial charge in [0.2, 0.25) is 0 Å². The van der Waals surface area contributed by atoms with Gasteiger partial charge in [-0.3, -0.25) is 0 Å². The average Bonchev–Trinajstić information content (AvgIpc) is 2.43. The second-order valence-corrected chi connectivity index (χ2v) is 4.30. The van der Waals surface area contributed by atoms with E-state index in [0.717, 1.165) is 0 Å². The fraction of sp³-hybridized carbons (Fsp3) is 0. The molecule has 0 bridgehead atoms. The van der Waals surface area contributed by atoms with Crippen LogP contribution in [0.2, 0.25) is 5.02 Å². The van der Waals surface area contributed by atoms with Crippen molar-refractivity contribution in [2.24, 2.45) is 0 Å². The van der Waals surface area contributed by atoms with Gasteiger partial charge in [0.05, 0.1) is 10.6 Å². The molecule has 0 saturated heterocycles. The van der Waals surface area contributed by atoms with Crippen molar-refractivity contribution in [3.05, 3.63) is 58.9 Å². The van der Waals surface area contributed by atoms with E-state index in [9.17, 15) is 9.18 Å². The first kappa shape index (κ1) is 13.8. The van der Waals surface area contributed by atoms with Crippen LogP contribution in [0.25, 0.3) is 0 Å². The van der Waals surface area contributed by atoms with Gasteiger partial charge in [0, 0.05) is 11.4 Å². The Morgan fingerprint density at radius 2 is 1.70 bits per heavy atom. The molecule has 0 atom stereocenters. The zero-order valence-electron chi connectivity index (χ0n) is 10.2. The number of halogens is 2. The number of nitrogens with zero attached hydrogens (tertiary/aromatic N) is 1. The molecular formula is C14H9ClFN3O. The Balaban J connectivity index is 2.05. The fourth-order valence-corrected chi connectivity index (χ4v) is 1.68. The summed E-state index contributed by atoms with van der Waals surface area (Å²) in [6.07, 6.45) is 0. The van der Waals surface area contributed by atoms with Crippen molar-refractivity contribution in [2.45, 2.75) is 0 Å². The van der Waals surface area contributed by atoms with Crippen LogP contribution in [0, 0.1) is 17.1 Å². The molecule has 6 heteroatoms. The summed E-state index contributed by atoms with van der Waals surface area (Å²) in [6, 6.07) is 11.4. The molecule has 2 rings (SSSR count). The molecule has 0 saturated carbocycles. The van der Waals surface area contributed by atoms with E-state index in [1.165, 1.54) is 36.4 Å². The highest BCUT2D eigenvalue weighted by Crippen LogP contribution is 2.19. The highest BCUT2D eigenvalue weighted by Gasteiger charge is 2.05. The standard InChI is InChI=1S/C14H9ClFN3O/c15-13-6-5-12(7-9(13)8-17)19-14(20)18-11-3-1-10(16)2-4-11/h1-7H,(H2,18,19,20). The number of carbonyl (C=O) groups excluding carboxylic acids is 1. The zero-order chi connectivity index (χ0) is 14.5. The number of nitrogens with one attached hydrogen (secondary N) is 2. The van der Waals surface area contributed by atoms with E-state index in [2.05, 4.69) is 10.6 Å². The van der Waals surface area contributed by atoms with Crippen LogP contribution in [0.4, 0.5) is 20.6 Å².